The van der Waals surface area contributed by atoms with Crippen molar-refractivity contribution in [1.29, 1.82) is 0 Å². The molecule has 1 aromatic rings. The third-order valence-electron chi connectivity index (χ3n) is 4.10. The Bertz CT molecular complexity index is 487. The number of hydrogen-bond acceptors (Lipinski definition) is 4. The summed E-state index contributed by atoms with van der Waals surface area (Å²) in [5.41, 5.74) is 6.74. The van der Waals surface area contributed by atoms with Gasteiger partial charge in [0.05, 0.1) is 12.7 Å². The minimum absolute atomic E-state index is 0.181. The fourth-order valence-corrected chi connectivity index (χ4v) is 2.92. The van der Waals surface area contributed by atoms with Gasteiger partial charge in [0.15, 0.2) is 0 Å². The molecule has 0 radical (unpaired) electrons. The molecule has 21 heavy (non-hydrogen) atoms. The Morgan fingerprint density at radius 1 is 1.33 bits per heavy atom. The van der Waals surface area contributed by atoms with E-state index in [2.05, 4.69) is 6.92 Å². The molecule has 116 valence electrons. The van der Waals surface area contributed by atoms with Crippen molar-refractivity contribution in [2.45, 2.75) is 52.1 Å². The molecular formula is C17H25NO3. The normalized spacial score (nSPS) is 21.8. The summed E-state index contributed by atoms with van der Waals surface area (Å²) in [7, 11) is 0. The first-order valence-corrected chi connectivity index (χ1v) is 7.87. The second-order valence-electron chi connectivity index (χ2n) is 5.66. The van der Waals surface area contributed by atoms with E-state index < -0.39 is 0 Å². The molecule has 2 unspecified atom stereocenters. The third-order valence-corrected chi connectivity index (χ3v) is 4.10. The Morgan fingerprint density at radius 2 is 2.14 bits per heavy atom. The van der Waals surface area contributed by atoms with E-state index in [-0.39, 0.29) is 12.1 Å². The number of nitrogen functional groups attached to an aromatic ring is 1. The number of anilines is 1. The summed E-state index contributed by atoms with van der Waals surface area (Å²) >= 11 is 0. The van der Waals surface area contributed by atoms with Crippen LogP contribution in [0.15, 0.2) is 18.2 Å². The van der Waals surface area contributed by atoms with Gasteiger partial charge in [-0.1, -0.05) is 19.8 Å². The minimum atomic E-state index is -0.373. The summed E-state index contributed by atoms with van der Waals surface area (Å²) in [6, 6.07) is 5.17. The van der Waals surface area contributed by atoms with Crippen molar-refractivity contribution >= 4 is 11.7 Å². The van der Waals surface area contributed by atoms with Gasteiger partial charge >= 0.3 is 5.97 Å². The zero-order valence-corrected chi connectivity index (χ0v) is 12.9. The molecule has 0 aliphatic heterocycles. The molecule has 2 N–H and O–H groups in total. The molecule has 0 amide bonds. The first-order chi connectivity index (χ1) is 10.1. The van der Waals surface area contributed by atoms with Crippen LogP contribution in [0, 0.1) is 5.92 Å². The van der Waals surface area contributed by atoms with Crippen LogP contribution in [-0.4, -0.2) is 18.7 Å². The van der Waals surface area contributed by atoms with Gasteiger partial charge in [-0.05, 0) is 50.3 Å². The number of carbonyl (C=O) groups excluding carboxylic acids is 1. The van der Waals surface area contributed by atoms with Crippen LogP contribution in [0.25, 0.3) is 0 Å². The minimum Gasteiger partial charge on any atom is -0.490 e. The van der Waals surface area contributed by atoms with E-state index in [9.17, 15) is 4.79 Å². The zero-order chi connectivity index (χ0) is 15.2. The smallest absolute Gasteiger partial charge is 0.341 e. The van der Waals surface area contributed by atoms with Gasteiger partial charge in [0, 0.05) is 5.69 Å². The van der Waals surface area contributed by atoms with Crippen molar-refractivity contribution in [3.63, 3.8) is 0 Å². The average molecular weight is 291 g/mol. The Labute approximate surface area is 126 Å². The molecule has 4 heteroatoms. The quantitative estimate of drug-likeness (QED) is 0.662. The number of hydrogen-bond donors (Lipinski definition) is 1. The van der Waals surface area contributed by atoms with Gasteiger partial charge in [-0.2, -0.15) is 0 Å². The summed E-state index contributed by atoms with van der Waals surface area (Å²) in [6.07, 6.45) is 5.94. The molecular weight excluding hydrogens is 266 g/mol. The number of carbonyl (C=O) groups is 1. The summed E-state index contributed by atoms with van der Waals surface area (Å²) in [5, 5.41) is 0. The molecule has 1 saturated carbocycles. The van der Waals surface area contributed by atoms with Gasteiger partial charge in [-0.3, -0.25) is 0 Å². The molecule has 1 fully saturated rings. The zero-order valence-electron chi connectivity index (χ0n) is 12.9. The van der Waals surface area contributed by atoms with Gasteiger partial charge in [0.2, 0.25) is 0 Å². The molecule has 1 aromatic carbocycles. The Morgan fingerprint density at radius 3 is 2.86 bits per heavy atom. The van der Waals surface area contributed by atoms with Crippen LogP contribution >= 0.6 is 0 Å². The first kappa shape index (κ1) is 15.7. The predicted molar refractivity (Wildman–Crippen MR) is 83.5 cm³/mol. The van der Waals surface area contributed by atoms with Crippen molar-refractivity contribution < 1.29 is 14.3 Å². The van der Waals surface area contributed by atoms with Crippen LogP contribution in [0.4, 0.5) is 5.69 Å². The molecule has 2 rings (SSSR count). The highest BCUT2D eigenvalue weighted by Crippen LogP contribution is 2.31. The van der Waals surface area contributed by atoms with E-state index in [4.69, 9.17) is 15.2 Å². The maximum atomic E-state index is 12.0. The fraction of sp³-hybridized carbons (Fsp3) is 0.588. The Hall–Kier alpha value is -1.71. The second-order valence-corrected chi connectivity index (χ2v) is 5.66. The van der Waals surface area contributed by atoms with E-state index in [0.29, 0.717) is 23.6 Å². The molecule has 0 heterocycles. The number of esters is 1. The van der Waals surface area contributed by atoms with Crippen molar-refractivity contribution in [3.05, 3.63) is 23.8 Å². The highest BCUT2D eigenvalue weighted by atomic mass is 16.5. The van der Waals surface area contributed by atoms with Crippen LogP contribution in [0.3, 0.4) is 0 Å². The van der Waals surface area contributed by atoms with Gasteiger partial charge < -0.3 is 15.2 Å². The van der Waals surface area contributed by atoms with Crippen LogP contribution < -0.4 is 10.5 Å². The lowest BCUT2D eigenvalue weighted by Gasteiger charge is -2.29. The first-order valence-electron chi connectivity index (χ1n) is 7.87. The maximum absolute atomic E-state index is 12.0. The fourth-order valence-electron chi connectivity index (χ4n) is 2.92. The van der Waals surface area contributed by atoms with Gasteiger partial charge in [-0.15, -0.1) is 0 Å². The lowest BCUT2D eigenvalue weighted by atomic mass is 9.85. The topological polar surface area (TPSA) is 61.5 Å². The molecule has 1 aliphatic carbocycles. The van der Waals surface area contributed by atoms with E-state index in [1.54, 1.807) is 25.1 Å². The van der Waals surface area contributed by atoms with Gasteiger partial charge in [0.25, 0.3) is 0 Å². The number of rotatable bonds is 5. The van der Waals surface area contributed by atoms with Crippen LogP contribution in [-0.2, 0) is 4.74 Å². The van der Waals surface area contributed by atoms with Crippen LogP contribution in [0.1, 0.15) is 56.3 Å². The molecule has 2 atom stereocenters. The van der Waals surface area contributed by atoms with E-state index in [1.165, 1.54) is 19.3 Å². The molecule has 4 nitrogen and oxygen atoms in total. The Kier molecular flexibility index (Phi) is 5.48. The highest BCUT2D eigenvalue weighted by Gasteiger charge is 2.24. The van der Waals surface area contributed by atoms with Crippen LogP contribution in [0.2, 0.25) is 0 Å². The second kappa shape index (κ2) is 7.34. The molecule has 0 bridgehead atoms. The van der Waals surface area contributed by atoms with Crippen molar-refractivity contribution in [1.82, 2.24) is 0 Å². The number of nitrogens with two attached hydrogens (primary N) is 1. The standard InChI is InChI=1S/C17H25NO3/c1-3-12-6-5-7-14(10-12)21-16-9-8-13(18)11-15(16)17(19)20-4-2/h8-9,11-12,14H,3-7,10,18H2,1-2H3. The molecule has 0 aromatic heterocycles. The van der Waals surface area contributed by atoms with Crippen molar-refractivity contribution in [2.75, 3.05) is 12.3 Å². The molecule has 1 aliphatic rings. The summed E-state index contributed by atoms with van der Waals surface area (Å²) in [4.78, 5) is 12.0. The number of benzene rings is 1. The van der Waals surface area contributed by atoms with Crippen molar-refractivity contribution in [2.24, 2.45) is 5.92 Å². The Balaban J connectivity index is 2.13. The molecule has 0 saturated heterocycles. The third kappa shape index (κ3) is 4.13. The van der Waals surface area contributed by atoms with Crippen LogP contribution in [0.5, 0.6) is 5.75 Å². The lowest BCUT2D eigenvalue weighted by Crippen LogP contribution is -2.26. The van der Waals surface area contributed by atoms with Crippen molar-refractivity contribution in [3.8, 4) is 5.75 Å². The molecule has 0 spiro atoms. The summed E-state index contributed by atoms with van der Waals surface area (Å²) in [6.45, 7) is 4.35. The number of ether oxygens (including phenoxy) is 2. The van der Waals surface area contributed by atoms with Gasteiger partial charge in [0.1, 0.15) is 11.3 Å². The summed E-state index contributed by atoms with van der Waals surface area (Å²) in [5.74, 6) is 0.940. The predicted octanol–water partition coefficient (Wildman–Crippen LogP) is 3.79. The van der Waals surface area contributed by atoms with E-state index in [0.717, 1.165) is 18.8 Å². The SMILES string of the molecule is CCOC(=O)c1cc(N)ccc1OC1CCCC(CC)C1. The summed E-state index contributed by atoms with van der Waals surface area (Å²) < 4.78 is 11.2. The lowest BCUT2D eigenvalue weighted by molar-refractivity contribution is 0.0514. The van der Waals surface area contributed by atoms with E-state index >= 15 is 0 Å². The van der Waals surface area contributed by atoms with Gasteiger partial charge in [-0.25, -0.2) is 4.79 Å². The maximum Gasteiger partial charge on any atom is 0.341 e. The highest BCUT2D eigenvalue weighted by molar-refractivity contribution is 5.93. The average Bonchev–Trinajstić information content (AvgIpc) is 2.49. The largest absolute Gasteiger partial charge is 0.490 e. The van der Waals surface area contributed by atoms with E-state index in [1.807, 2.05) is 0 Å². The monoisotopic (exact) mass is 291 g/mol.